The third-order valence-electron chi connectivity index (χ3n) is 3.37. The maximum atomic E-state index is 11.0. The molecule has 0 unspecified atom stereocenters. The molecule has 1 aromatic carbocycles. The minimum atomic E-state index is -0.366. The van der Waals surface area contributed by atoms with Gasteiger partial charge in [0, 0.05) is 17.1 Å². The van der Waals surface area contributed by atoms with Crippen LogP contribution in [0.2, 0.25) is 5.02 Å². The first-order valence-corrected chi connectivity index (χ1v) is 6.75. The number of halogens is 1. The van der Waals surface area contributed by atoms with Gasteiger partial charge in [0.15, 0.2) is 0 Å². The molecule has 18 heavy (non-hydrogen) atoms. The van der Waals surface area contributed by atoms with Gasteiger partial charge in [0.25, 0.3) is 5.69 Å². The van der Waals surface area contributed by atoms with Crippen molar-refractivity contribution in [2.75, 3.05) is 5.32 Å². The van der Waals surface area contributed by atoms with Gasteiger partial charge in [-0.25, -0.2) is 0 Å². The fourth-order valence-electron chi connectivity index (χ4n) is 2.43. The first-order chi connectivity index (χ1) is 8.66. The normalized spacial score (nSPS) is 17.2. The van der Waals surface area contributed by atoms with E-state index in [2.05, 4.69) is 5.32 Å². The highest BCUT2D eigenvalue weighted by Crippen LogP contribution is 2.30. The molecule has 0 aromatic heterocycles. The molecule has 1 aliphatic carbocycles. The minimum Gasteiger partial charge on any atom is -0.377 e. The highest BCUT2D eigenvalue weighted by atomic mass is 35.5. The minimum absolute atomic E-state index is 0.101. The van der Waals surface area contributed by atoms with E-state index in [1.807, 2.05) is 0 Å². The van der Waals surface area contributed by atoms with Gasteiger partial charge >= 0.3 is 0 Å². The Morgan fingerprint density at radius 2 is 1.89 bits per heavy atom. The summed E-state index contributed by atoms with van der Waals surface area (Å²) in [5, 5.41) is 14.8. The van der Waals surface area contributed by atoms with Crippen molar-refractivity contribution >= 4 is 23.0 Å². The molecule has 1 fully saturated rings. The molecule has 0 aliphatic heterocycles. The van der Waals surface area contributed by atoms with E-state index in [4.69, 9.17) is 11.6 Å². The molecule has 0 saturated heterocycles. The molecule has 1 aliphatic rings. The molecule has 0 bridgehead atoms. The zero-order chi connectivity index (χ0) is 13.0. The second kappa shape index (κ2) is 6.05. The molecule has 0 radical (unpaired) electrons. The fourth-order valence-corrected chi connectivity index (χ4v) is 2.60. The number of nitro groups is 1. The number of nitro benzene ring substituents is 1. The number of hydrogen-bond acceptors (Lipinski definition) is 3. The SMILES string of the molecule is O=[N+]([O-])c1ccc(Cl)cc1NC1CCCCCC1. The van der Waals surface area contributed by atoms with Crippen LogP contribution in [0.15, 0.2) is 18.2 Å². The van der Waals surface area contributed by atoms with E-state index in [9.17, 15) is 10.1 Å². The summed E-state index contributed by atoms with van der Waals surface area (Å²) in [6, 6.07) is 4.98. The molecule has 0 spiro atoms. The largest absolute Gasteiger partial charge is 0.377 e. The van der Waals surface area contributed by atoms with Crippen molar-refractivity contribution in [2.45, 2.75) is 44.6 Å². The lowest BCUT2D eigenvalue weighted by Crippen LogP contribution is -2.18. The summed E-state index contributed by atoms with van der Waals surface area (Å²) < 4.78 is 0. The molecule has 98 valence electrons. The zero-order valence-corrected chi connectivity index (χ0v) is 10.9. The van der Waals surface area contributed by atoms with Crippen molar-refractivity contribution in [1.29, 1.82) is 0 Å². The number of benzene rings is 1. The van der Waals surface area contributed by atoms with E-state index in [1.165, 1.54) is 31.7 Å². The number of nitrogens with one attached hydrogen (secondary N) is 1. The van der Waals surface area contributed by atoms with Crippen LogP contribution >= 0.6 is 11.6 Å². The van der Waals surface area contributed by atoms with E-state index in [-0.39, 0.29) is 10.6 Å². The van der Waals surface area contributed by atoms with Crippen molar-refractivity contribution in [3.63, 3.8) is 0 Å². The lowest BCUT2D eigenvalue weighted by atomic mass is 10.1. The maximum Gasteiger partial charge on any atom is 0.292 e. The summed E-state index contributed by atoms with van der Waals surface area (Å²) in [4.78, 5) is 10.6. The van der Waals surface area contributed by atoms with Crippen LogP contribution in [-0.2, 0) is 0 Å². The number of nitrogens with zero attached hydrogens (tertiary/aromatic N) is 1. The summed E-state index contributed by atoms with van der Waals surface area (Å²) in [7, 11) is 0. The Morgan fingerprint density at radius 3 is 2.50 bits per heavy atom. The maximum absolute atomic E-state index is 11.0. The van der Waals surface area contributed by atoms with Crippen LogP contribution in [0.1, 0.15) is 38.5 Å². The molecular formula is C13H17ClN2O2. The van der Waals surface area contributed by atoms with Gasteiger partial charge in [0.05, 0.1) is 4.92 Å². The van der Waals surface area contributed by atoms with Crippen LogP contribution in [0.4, 0.5) is 11.4 Å². The van der Waals surface area contributed by atoms with E-state index < -0.39 is 0 Å². The van der Waals surface area contributed by atoms with Crippen LogP contribution < -0.4 is 5.32 Å². The van der Waals surface area contributed by atoms with Crippen LogP contribution in [0.25, 0.3) is 0 Å². The third kappa shape index (κ3) is 3.35. The Bertz CT molecular complexity index is 429. The number of anilines is 1. The van der Waals surface area contributed by atoms with E-state index in [0.717, 1.165) is 12.8 Å². The predicted octanol–water partition coefficient (Wildman–Crippen LogP) is 4.38. The second-order valence-corrected chi connectivity index (χ2v) is 5.19. The van der Waals surface area contributed by atoms with Crippen molar-refractivity contribution in [3.05, 3.63) is 33.3 Å². The molecule has 1 aromatic rings. The average molecular weight is 269 g/mol. The van der Waals surface area contributed by atoms with Gasteiger partial charge in [-0.3, -0.25) is 10.1 Å². The molecule has 5 heteroatoms. The lowest BCUT2D eigenvalue weighted by Gasteiger charge is -2.17. The van der Waals surface area contributed by atoms with Crippen LogP contribution in [-0.4, -0.2) is 11.0 Å². The van der Waals surface area contributed by atoms with Gasteiger partial charge in [0.2, 0.25) is 0 Å². The van der Waals surface area contributed by atoms with Crippen molar-refractivity contribution in [3.8, 4) is 0 Å². The van der Waals surface area contributed by atoms with Crippen LogP contribution in [0, 0.1) is 10.1 Å². The Labute approximate surface area is 111 Å². The van der Waals surface area contributed by atoms with Crippen LogP contribution in [0.5, 0.6) is 0 Å². The Hall–Kier alpha value is -1.29. The molecule has 4 nitrogen and oxygen atoms in total. The van der Waals surface area contributed by atoms with Gasteiger partial charge in [-0.1, -0.05) is 37.3 Å². The van der Waals surface area contributed by atoms with Crippen molar-refractivity contribution in [1.82, 2.24) is 0 Å². The summed E-state index contributed by atoms with van der Waals surface area (Å²) in [5.74, 6) is 0. The monoisotopic (exact) mass is 268 g/mol. The van der Waals surface area contributed by atoms with Gasteiger partial charge < -0.3 is 5.32 Å². The van der Waals surface area contributed by atoms with Crippen LogP contribution in [0.3, 0.4) is 0 Å². The van der Waals surface area contributed by atoms with Crippen molar-refractivity contribution in [2.24, 2.45) is 0 Å². The highest BCUT2D eigenvalue weighted by Gasteiger charge is 2.18. The number of hydrogen-bond donors (Lipinski definition) is 1. The zero-order valence-electron chi connectivity index (χ0n) is 10.2. The summed E-state index contributed by atoms with van der Waals surface area (Å²) >= 11 is 5.91. The van der Waals surface area contributed by atoms with E-state index in [0.29, 0.717) is 16.8 Å². The smallest absolute Gasteiger partial charge is 0.292 e. The first kappa shape index (κ1) is 13.1. The third-order valence-corrected chi connectivity index (χ3v) is 3.61. The quantitative estimate of drug-likeness (QED) is 0.503. The Kier molecular flexibility index (Phi) is 4.42. The molecule has 1 saturated carbocycles. The highest BCUT2D eigenvalue weighted by molar-refractivity contribution is 6.31. The Balaban J connectivity index is 2.15. The second-order valence-electron chi connectivity index (χ2n) is 4.75. The van der Waals surface area contributed by atoms with E-state index >= 15 is 0 Å². The molecule has 0 heterocycles. The lowest BCUT2D eigenvalue weighted by molar-refractivity contribution is -0.384. The van der Waals surface area contributed by atoms with Gasteiger partial charge in [0.1, 0.15) is 5.69 Å². The Morgan fingerprint density at radius 1 is 1.22 bits per heavy atom. The molecular weight excluding hydrogens is 252 g/mol. The standard InChI is InChI=1S/C13H17ClN2O2/c14-10-7-8-13(16(17)18)12(9-10)15-11-5-3-1-2-4-6-11/h7-9,11,15H,1-6H2. The molecule has 0 atom stereocenters. The summed E-state index contributed by atoms with van der Waals surface area (Å²) in [6.07, 6.45) is 7.04. The molecule has 0 amide bonds. The summed E-state index contributed by atoms with van der Waals surface area (Å²) in [6.45, 7) is 0. The average Bonchev–Trinajstić information content (AvgIpc) is 2.57. The summed E-state index contributed by atoms with van der Waals surface area (Å²) in [5.41, 5.74) is 0.642. The van der Waals surface area contributed by atoms with E-state index in [1.54, 1.807) is 12.1 Å². The van der Waals surface area contributed by atoms with Crippen molar-refractivity contribution < 1.29 is 4.92 Å². The fraction of sp³-hybridized carbons (Fsp3) is 0.538. The number of rotatable bonds is 3. The van der Waals surface area contributed by atoms with Gasteiger partial charge in [-0.15, -0.1) is 0 Å². The first-order valence-electron chi connectivity index (χ1n) is 6.37. The predicted molar refractivity (Wildman–Crippen MR) is 73.2 cm³/mol. The van der Waals surface area contributed by atoms with Gasteiger partial charge in [-0.05, 0) is 25.0 Å². The molecule has 2 rings (SSSR count). The van der Waals surface area contributed by atoms with Gasteiger partial charge in [-0.2, -0.15) is 0 Å². The topological polar surface area (TPSA) is 55.2 Å². The molecule has 1 N–H and O–H groups in total.